The van der Waals surface area contributed by atoms with Crippen LogP contribution in [0.15, 0.2) is 42.5 Å². The second-order valence-electron chi connectivity index (χ2n) is 6.32. The molecule has 6 nitrogen and oxygen atoms in total. The fourth-order valence-corrected chi connectivity index (χ4v) is 3.12. The number of nitrogens with one attached hydrogen (secondary N) is 2. The summed E-state index contributed by atoms with van der Waals surface area (Å²) < 4.78 is 5.26. The summed E-state index contributed by atoms with van der Waals surface area (Å²) in [4.78, 5) is 25.9. The first-order valence-corrected chi connectivity index (χ1v) is 8.61. The van der Waals surface area contributed by atoms with Crippen molar-refractivity contribution in [2.45, 2.75) is 26.3 Å². The number of fused-ring (bicyclic) bond motifs is 1. The predicted molar refractivity (Wildman–Crippen MR) is 103 cm³/mol. The molecule has 1 aliphatic rings. The Balaban J connectivity index is 1.67. The van der Waals surface area contributed by atoms with E-state index in [1.165, 1.54) is 0 Å². The molecule has 0 fully saturated rings. The predicted octanol–water partition coefficient (Wildman–Crippen LogP) is 3.04. The quantitative estimate of drug-likeness (QED) is 0.867. The number of methoxy groups -OCH3 is 1. The van der Waals surface area contributed by atoms with Gasteiger partial charge in [0.2, 0.25) is 11.8 Å². The minimum atomic E-state index is -0.428. The van der Waals surface area contributed by atoms with Crippen LogP contribution in [0, 0.1) is 0 Å². The van der Waals surface area contributed by atoms with Gasteiger partial charge in [0.15, 0.2) is 0 Å². The van der Waals surface area contributed by atoms with Crippen LogP contribution in [0.25, 0.3) is 0 Å². The number of rotatable bonds is 5. The van der Waals surface area contributed by atoms with Gasteiger partial charge in [-0.2, -0.15) is 0 Å². The first kappa shape index (κ1) is 17.8. The summed E-state index contributed by atoms with van der Waals surface area (Å²) in [7, 11) is 1.57. The summed E-state index contributed by atoms with van der Waals surface area (Å²) in [5, 5.41) is 6.09. The summed E-state index contributed by atoms with van der Waals surface area (Å²) in [6, 6.07) is 12.7. The molecule has 1 heterocycles. The van der Waals surface area contributed by atoms with Crippen LogP contribution < -0.4 is 20.3 Å². The Morgan fingerprint density at radius 2 is 1.96 bits per heavy atom. The molecule has 0 aliphatic carbocycles. The van der Waals surface area contributed by atoms with Crippen LogP contribution in [-0.4, -0.2) is 31.5 Å². The van der Waals surface area contributed by atoms with Gasteiger partial charge in [0.25, 0.3) is 0 Å². The van der Waals surface area contributed by atoms with Gasteiger partial charge in [0.1, 0.15) is 11.8 Å². The molecule has 26 heavy (non-hydrogen) atoms. The molecule has 0 bridgehead atoms. The van der Waals surface area contributed by atoms with E-state index in [0.29, 0.717) is 18.0 Å². The van der Waals surface area contributed by atoms with Gasteiger partial charge in [0.05, 0.1) is 12.8 Å². The molecule has 2 aromatic rings. The number of ether oxygens (including phenoxy) is 1. The van der Waals surface area contributed by atoms with Crippen LogP contribution in [0.2, 0.25) is 0 Å². The maximum atomic E-state index is 12.5. The molecule has 6 heteroatoms. The Hall–Kier alpha value is -3.02. The van der Waals surface area contributed by atoms with Crippen LogP contribution in [0.1, 0.15) is 19.4 Å². The second kappa shape index (κ2) is 7.47. The number of benzene rings is 2. The Morgan fingerprint density at radius 3 is 2.69 bits per heavy atom. The summed E-state index contributed by atoms with van der Waals surface area (Å²) in [6.07, 6.45) is 0.826. The third kappa shape index (κ3) is 3.64. The molecule has 1 atom stereocenters. The van der Waals surface area contributed by atoms with Crippen LogP contribution >= 0.6 is 0 Å². The van der Waals surface area contributed by atoms with Crippen molar-refractivity contribution in [2.24, 2.45) is 0 Å². The summed E-state index contributed by atoms with van der Waals surface area (Å²) >= 11 is 0. The number of carbonyl (C=O) groups excluding carboxylic acids is 2. The molecule has 1 aliphatic heterocycles. The second-order valence-corrected chi connectivity index (χ2v) is 6.32. The lowest BCUT2D eigenvalue weighted by Crippen LogP contribution is -2.32. The van der Waals surface area contributed by atoms with Crippen molar-refractivity contribution < 1.29 is 14.3 Å². The Bertz CT molecular complexity index is 835. The van der Waals surface area contributed by atoms with E-state index in [9.17, 15) is 9.59 Å². The number of hydrogen-bond acceptors (Lipinski definition) is 4. The summed E-state index contributed by atoms with van der Waals surface area (Å²) in [6.45, 7) is 4.09. The Labute approximate surface area is 153 Å². The monoisotopic (exact) mass is 353 g/mol. The lowest BCUT2D eigenvalue weighted by Gasteiger charge is -2.18. The minimum absolute atomic E-state index is 0.0500. The van der Waals surface area contributed by atoms with E-state index < -0.39 is 6.04 Å². The van der Waals surface area contributed by atoms with Crippen LogP contribution in [0.5, 0.6) is 5.75 Å². The Morgan fingerprint density at radius 1 is 1.19 bits per heavy atom. The van der Waals surface area contributed by atoms with E-state index in [4.69, 9.17) is 4.74 Å². The number of anilines is 3. The van der Waals surface area contributed by atoms with Crippen molar-refractivity contribution in [3.8, 4) is 5.75 Å². The number of hydrogen-bond donors (Lipinski definition) is 2. The fourth-order valence-electron chi connectivity index (χ4n) is 3.12. The number of para-hydroxylation sites is 2. The molecule has 0 saturated carbocycles. The molecule has 2 amide bonds. The molecule has 3 rings (SSSR count). The highest BCUT2D eigenvalue weighted by molar-refractivity contribution is 5.98. The van der Waals surface area contributed by atoms with Gasteiger partial charge in [0, 0.05) is 24.8 Å². The first-order valence-electron chi connectivity index (χ1n) is 8.61. The molecule has 136 valence electrons. The van der Waals surface area contributed by atoms with Crippen LogP contribution in [-0.2, 0) is 16.0 Å². The zero-order valence-corrected chi connectivity index (χ0v) is 15.2. The average Bonchev–Trinajstić information content (AvgIpc) is 3.05. The van der Waals surface area contributed by atoms with Crippen LogP contribution in [0.3, 0.4) is 0 Å². The van der Waals surface area contributed by atoms with Crippen molar-refractivity contribution in [1.82, 2.24) is 0 Å². The topological polar surface area (TPSA) is 70.7 Å². The van der Waals surface area contributed by atoms with Crippen molar-refractivity contribution in [1.29, 1.82) is 0 Å². The van der Waals surface area contributed by atoms with Gasteiger partial charge in [-0.1, -0.05) is 12.1 Å². The molecule has 2 N–H and O–H groups in total. The molecule has 0 spiro atoms. The number of carbonyl (C=O) groups is 2. The zero-order valence-electron chi connectivity index (χ0n) is 15.2. The standard InChI is InChI=1S/C20H23N3O3/c1-13(20(25)22-17-6-4-5-7-19(17)26-3)21-16-8-9-18-15(12-16)10-11-23(18)14(2)24/h4-9,12-13,21H,10-11H2,1-3H3,(H,22,25)/t13-/m1/s1. The fraction of sp³-hybridized carbons (Fsp3) is 0.300. The molecular formula is C20H23N3O3. The van der Waals surface area contributed by atoms with Crippen molar-refractivity contribution in [3.05, 3.63) is 48.0 Å². The minimum Gasteiger partial charge on any atom is -0.495 e. The first-order chi connectivity index (χ1) is 12.5. The molecular weight excluding hydrogens is 330 g/mol. The van der Waals surface area contributed by atoms with Crippen LogP contribution in [0.4, 0.5) is 17.1 Å². The van der Waals surface area contributed by atoms with Crippen molar-refractivity contribution >= 4 is 28.9 Å². The highest BCUT2D eigenvalue weighted by atomic mass is 16.5. The molecule has 0 radical (unpaired) electrons. The zero-order chi connectivity index (χ0) is 18.7. The molecule has 0 unspecified atom stereocenters. The normalized spacial score (nSPS) is 13.7. The maximum absolute atomic E-state index is 12.5. The van der Waals surface area contributed by atoms with E-state index in [1.54, 1.807) is 38.0 Å². The van der Waals surface area contributed by atoms with E-state index in [2.05, 4.69) is 10.6 Å². The molecule has 0 saturated heterocycles. The molecule has 2 aromatic carbocycles. The third-order valence-electron chi connectivity index (χ3n) is 4.50. The van der Waals surface area contributed by atoms with E-state index >= 15 is 0 Å². The maximum Gasteiger partial charge on any atom is 0.246 e. The highest BCUT2D eigenvalue weighted by Gasteiger charge is 2.23. The SMILES string of the molecule is COc1ccccc1NC(=O)[C@@H](C)Nc1ccc2c(c1)CCN2C(C)=O. The average molecular weight is 353 g/mol. The lowest BCUT2D eigenvalue weighted by atomic mass is 10.1. The smallest absolute Gasteiger partial charge is 0.246 e. The third-order valence-corrected chi connectivity index (χ3v) is 4.50. The summed E-state index contributed by atoms with van der Waals surface area (Å²) in [5.41, 5.74) is 3.56. The molecule has 0 aromatic heterocycles. The summed E-state index contributed by atoms with van der Waals surface area (Å²) in [5.74, 6) is 0.518. The van der Waals surface area contributed by atoms with E-state index in [1.807, 2.05) is 30.3 Å². The van der Waals surface area contributed by atoms with Crippen molar-refractivity contribution in [2.75, 3.05) is 29.2 Å². The number of amides is 2. The van der Waals surface area contributed by atoms with E-state index in [0.717, 1.165) is 23.4 Å². The van der Waals surface area contributed by atoms with Crippen molar-refractivity contribution in [3.63, 3.8) is 0 Å². The Kier molecular flexibility index (Phi) is 5.11. The number of nitrogens with zero attached hydrogens (tertiary/aromatic N) is 1. The largest absolute Gasteiger partial charge is 0.495 e. The van der Waals surface area contributed by atoms with E-state index in [-0.39, 0.29) is 11.8 Å². The van der Waals surface area contributed by atoms with Gasteiger partial charge < -0.3 is 20.3 Å². The highest BCUT2D eigenvalue weighted by Crippen LogP contribution is 2.31. The van der Waals surface area contributed by atoms with Gasteiger partial charge in [-0.05, 0) is 49.2 Å². The van der Waals surface area contributed by atoms with Gasteiger partial charge in [-0.15, -0.1) is 0 Å². The van der Waals surface area contributed by atoms with Gasteiger partial charge in [-0.3, -0.25) is 9.59 Å². The lowest BCUT2D eigenvalue weighted by molar-refractivity contribution is -0.117. The van der Waals surface area contributed by atoms with Gasteiger partial charge >= 0.3 is 0 Å². The van der Waals surface area contributed by atoms with Gasteiger partial charge in [-0.25, -0.2) is 0 Å².